The van der Waals surface area contributed by atoms with Crippen LogP contribution in [-0.4, -0.2) is 35.2 Å². The van der Waals surface area contributed by atoms with Gasteiger partial charge in [-0.15, -0.1) is 11.3 Å². The van der Waals surface area contributed by atoms with Gasteiger partial charge in [-0.1, -0.05) is 24.3 Å². The van der Waals surface area contributed by atoms with Crippen molar-refractivity contribution in [2.45, 2.75) is 18.4 Å². The smallest absolute Gasteiger partial charge is 0.325 e. The number of carbonyl (C=O) groups is 4. The molecule has 1 spiro atoms. The fraction of sp³-hybridized carbons (Fsp3) is 0.222. The number of hydrogen-bond donors (Lipinski definition) is 3. The number of amides is 5. The Labute approximate surface area is 158 Å². The molecular weight excluding hydrogens is 368 g/mol. The van der Waals surface area contributed by atoms with E-state index in [-0.39, 0.29) is 5.56 Å². The summed E-state index contributed by atoms with van der Waals surface area (Å²) in [6.45, 7) is -0.440. The molecule has 0 bridgehead atoms. The number of anilines is 1. The van der Waals surface area contributed by atoms with Gasteiger partial charge >= 0.3 is 6.03 Å². The number of primary amides is 1. The largest absolute Gasteiger partial charge is 0.366 e. The van der Waals surface area contributed by atoms with Crippen molar-refractivity contribution >= 4 is 40.1 Å². The third kappa shape index (κ3) is 2.67. The summed E-state index contributed by atoms with van der Waals surface area (Å²) in [6, 6.07) is 8.37. The Morgan fingerprint density at radius 1 is 1.26 bits per heavy atom. The second kappa shape index (κ2) is 6.20. The average Bonchev–Trinajstić information content (AvgIpc) is 3.30. The van der Waals surface area contributed by atoms with Crippen LogP contribution >= 0.6 is 11.3 Å². The summed E-state index contributed by atoms with van der Waals surface area (Å²) < 4.78 is 0. The van der Waals surface area contributed by atoms with Crippen molar-refractivity contribution < 1.29 is 19.2 Å². The number of rotatable bonds is 4. The number of nitrogens with zero attached hydrogens (tertiary/aromatic N) is 1. The van der Waals surface area contributed by atoms with E-state index in [0.717, 1.165) is 27.4 Å². The van der Waals surface area contributed by atoms with E-state index in [4.69, 9.17) is 5.73 Å². The molecule has 8 nitrogen and oxygen atoms in total. The molecule has 2 aliphatic rings. The Kier molecular flexibility index (Phi) is 3.96. The molecule has 4 N–H and O–H groups in total. The number of thiophene rings is 1. The average molecular weight is 384 g/mol. The fourth-order valence-electron chi connectivity index (χ4n) is 3.64. The van der Waals surface area contributed by atoms with Gasteiger partial charge in [-0.25, -0.2) is 4.79 Å². The zero-order valence-electron chi connectivity index (χ0n) is 14.2. The molecule has 1 aliphatic heterocycles. The highest BCUT2D eigenvalue weighted by Crippen LogP contribution is 2.41. The Morgan fingerprint density at radius 2 is 2.04 bits per heavy atom. The Bertz CT molecular complexity index is 985. The third-order valence-corrected chi connectivity index (χ3v) is 5.74. The molecule has 138 valence electrons. The van der Waals surface area contributed by atoms with Crippen molar-refractivity contribution in [2.75, 3.05) is 11.9 Å². The molecule has 0 saturated carbocycles. The first kappa shape index (κ1) is 17.2. The number of benzene rings is 1. The van der Waals surface area contributed by atoms with Crippen molar-refractivity contribution in [1.82, 2.24) is 10.2 Å². The van der Waals surface area contributed by atoms with Crippen LogP contribution in [-0.2, 0) is 21.5 Å². The maximum atomic E-state index is 13.0. The zero-order valence-corrected chi connectivity index (χ0v) is 15.0. The van der Waals surface area contributed by atoms with E-state index in [1.165, 1.54) is 6.07 Å². The highest BCUT2D eigenvalue weighted by Gasteiger charge is 2.55. The molecule has 1 fully saturated rings. The summed E-state index contributed by atoms with van der Waals surface area (Å²) in [7, 11) is 0. The number of imide groups is 1. The SMILES string of the molecule is NC(=O)c1ccsc1NC(=O)CN1C(=O)N[C@@]2(CCc3ccccc32)C1=O. The van der Waals surface area contributed by atoms with E-state index in [1.54, 1.807) is 5.38 Å². The molecule has 4 rings (SSSR count). The molecular formula is C18H16N4O4S. The zero-order chi connectivity index (χ0) is 19.2. The molecule has 1 saturated heterocycles. The van der Waals surface area contributed by atoms with Crippen LogP contribution in [0.2, 0.25) is 0 Å². The van der Waals surface area contributed by atoms with E-state index < -0.39 is 35.8 Å². The summed E-state index contributed by atoms with van der Waals surface area (Å²) in [5, 5.41) is 7.22. The van der Waals surface area contributed by atoms with Gasteiger partial charge in [0.2, 0.25) is 5.91 Å². The van der Waals surface area contributed by atoms with Crippen LogP contribution < -0.4 is 16.4 Å². The Hall–Kier alpha value is -3.20. The predicted octanol–water partition coefficient (Wildman–Crippen LogP) is 1.18. The van der Waals surface area contributed by atoms with Gasteiger partial charge in [-0.3, -0.25) is 19.3 Å². The van der Waals surface area contributed by atoms with Crippen molar-refractivity contribution in [1.29, 1.82) is 0 Å². The molecule has 27 heavy (non-hydrogen) atoms. The molecule has 2 aromatic rings. The van der Waals surface area contributed by atoms with E-state index >= 15 is 0 Å². The van der Waals surface area contributed by atoms with Gasteiger partial charge in [0.25, 0.3) is 11.8 Å². The van der Waals surface area contributed by atoms with Gasteiger partial charge in [0.1, 0.15) is 17.1 Å². The van der Waals surface area contributed by atoms with Crippen molar-refractivity contribution in [3.05, 3.63) is 52.4 Å². The van der Waals surface area contributed by atoms with Crippen LogP contribution in [0.1, 0.15) is 27.9 Å². The standard InChI is InChI=1S/C18H16N4O4S/c19-14(24)11-6-8-27-15(11)20-13(23)9-22-16(25)18(21-17(22)26)7-5-10-3-1-2-4-12(10)18/h1-4,6,8H,5,7,9H2,(H2,19,24)(H,20,23)(H,21,26)/t18-/m1/s1. The summed E-state index contributed by atoms with van der Waals surface area (Å²) in [6.07, 6.45) is 1.14. The highest BCUT2D eigenvalue weighted by molar-refractivity contribution is 7.14. The lowest BCUT2D eigenvalue weighted by Gasteiger charge is -2.22. The topological polar surface area (TPSA) is 122 Å². The lowest BCUT2D eigenvalue weighted by Crippen LogP contribution is -2.43. The van der Waals surface area contributed by atoms with Crippen molar-refractivity contribution in [2.24, 2.45) is 5.73 Å². The lowest BCUT2D eigenvalue weighted by molar-refractivity contribution is -0.134. The summed E-state index contributed by atoms with van der Waals surface area (Å²) >= 11 is 1.14. The third-order valence-electron chi connectivity index (χ3n) is 4.91. The van der Waals surface area contributed by atoms with Gasteiger partial charge in [0.05, 0.1) is 5.56 Å². The van der Waals surface area contributed by atoms with Crippen LogP contribution in [0.15, 0.2) is 35.7 Å². The number of aryl methyl sites for hydroxylation is 1. The summed E-state index contributed by atoms with van der Waals surface area (Å²) in [5.74, 6) is -1.68. The molecule has 2 heterocycles. The number of hydrogen-bond acceptors (Lipinski definition) is 5. The minimum absolute atomic E-state index is 0.187. The maximum absolute atomic E-state index is 13.0. The number of fused-ring (bicyclic) bond motifs is 2. The van der Waals surface area contributed by atoms with Crippen LogP contribution in [0.4, 0.5) is 9.80 Å². The molecule has 1 atom stereocenters. The molecule has 9 heteroatoms. The van der Waals surface area contributed by atoms with Crippen LogP contribution in [0, 0.1) is 0 Å². The number of nitrogens with two attached hydrogens (primary N) is 1. The first-order valence-electron chi connectivity index (χ1n) is 8.32. The van der Waals surface area contributed by atoms with Gasteiger partial charge in [-0.05, 0) is 35.4 Å². The molecule has 0 unspecified atom stereocenters. The fourth-order valence-corrected chi connectivity index (χ4v) is 4.45. The molecule has 1 aromatic carbocycles. The van der Waals surface area contributed by atoms with E-state index in [2.05, 4.69) is 10.6 Å². The van der Waals surface area contributed by atoms with Gasteiger partial charge < -0.3 is 16.4 Å². The molecule has 1 aliphatic carbocycles. The normalized spacial score (nSPS) is 20.7. The summed E-state index contributed by atoms with van der Waals surface area (Å²) in [5.41, 5.74) is 6.13. The number of urea groups is 1. The minimum atomic E-state index is -1.10. The van der Waals surface area contributed by atoms with E-state index in [9.17, 15) is 19.2 Å². The van der Waals surface area contributed by atoms with E-state index in [0.29, 0.717) is 17.8 Å². The maximum Gasteiger partial charge on any atom is 0.325 e. The van der Waals surface area contributed by atoms with Gasteiger partial charge in [0, 0.05) is 0 Å². The van der Waals surface area contributed by atoms with Gasteiger partial charge in [-0.2, -0.15) is 0 Å². The van der Waals surface area contributed by atoms with Crippen LogP contribution in [0.5, 0.6) is 0 Å². The van der Waals surface area contributed by atoms with Gasteiger partial charge in [0.15, 0.2) is 0 Å². The molecule has 1 aromatic heterocycles. The number of carbonyl (C=O) groups excluding carboxylic acids is 4. The first-order valence-corrected chi connectivity index (χ1v) is 9.20. The number of nitrogens with one attached hydrogen (secondary N) is 2. The van der Waals surface area contributed by atoms with Crippen molar-refractivity contribution in [3.8, 4) is 0 Å². The van der Waals surface area contributed by atoms with E-state index in [1.807, 2.05) is 24.3 Å². The lowest BCUT2D eigenvalue weighted by atomic mass is 9.92. The minimum Gasteiger partial charge on any atom is -0.366 e. The Morgan fingerprint density at radius 3 is 2.81 bits per heavy atom. The predicted molar refractivity (Wildman–Crippen MR) is 98.2 cm³/mol. The van der Waals surface area contributed by atoms with Crippen LogP contribution in [0.3, 0.4) is 0 Å². The highest BCUT2D eigenvalue weighted by atomic mass is 32.1. The Balaban J connectivity index is 1.53. The van der Waals surface area contributed by atoms with Crippen molar-refractivity contribution in [3.63, 3.8) is 0 Å². The second-order valence-electron chi connectivity index (χ2n) is 6.46. The quantitative estimate of drug-likeness (QED) is 0.685. The second-order valence-corrected chi connectivity index (χ2v) is 7.38. The summed E-state index contributed by atoms with van der Waals surface area (Å²) in [4.78, 5) is 50.0. The molecule has 0 radical (unpaired) electrons. The monoisotopic (exact) mass is 384 g/mol. The first-order chi connectivity index (χ1) is 12.9. The molecule has 5 amide bonds. The van der Waals surface area contributed by atoms with Crippen LogP contribution in [0.25, 0.3) is 0 Å².